The second kappa shape index (κ2) is 4.93. The van der Waals surface area contributed by atoms with Crippen molar-refractivity contribution in [3.63, 3.8) is 0 Å². The largest absolute Gasteiger partial charge is 0.508 e. The molecule has 0 fully saturated rings. The molecule has 5 nitrogen and oxygen atoms in total. The predicted molar refractivity (Wildman–Crippen MR) is 93.9 cm³/mol. The van der Waals surface area contributed by atoms with E-state index in [-0.39, 0.29) is 11.5 Å². The number of carbonyl (C=O) groups is 1. The number of aromatic nitrogens is 2. The Bertz CT molecular complexity index is 1100. The second-order valence-electron chi connectivity index (χ2n) is 6.91. The number of carbonyl (C=O) groups excluding carboxylic acids is 1. The lowest BCUT2D eigenvalue weighted by Crippen LogP contribution is -2.30. The average Bonchev–Trinajstić information content (AvgIpc) is 2.99. The number of hydrogen-bond acceptors (Lipinski definition) is 4. The highest BCUT2D eigenvalue weighted by atomic mass is 16.3. The topological polar surface area (TPSA) is 89.8 Å². The highest BCUT2D eigenvalue weighted by Crippen LogP contribution is 2.45. The Balaban J connectivity index is 2.07. The Kier molecular flexibility index (Phi) is 3.04. The number of phenolic OH excluding ortho intramolecular Hbond substituents is 1. The van der Waals surface area contributed by atoms with E-state index in [1.165, 1.54) is 0 Å². The third-order valence-electron chi connectivity index (χ3n) is 5.14. The first kappa shape index (κ1) is 15.4. The molecule has 2 N–H and O–H groups in total. The minimum absolute atomic E-state index is 0.0724. The number of fused-ring (bicyclic) bond motifs is 4. The molecule has 1 aromatic carbocycles. The summed E-state index contributed by atoms with van der Waals surface area (Å²) in [6, 6.07) is 8.92. The van der Waals surface area contributed by atoms with Gasteiger partial charge in [-0.15, -0.1) is 0 Å². The minimum atomic E-state index is -0.490. The van der Waals surface area contributed by atoms with Gasteiger partial charge >= 0.3 is 0 Å². The van der Waals surface area contributed by atoms with Crippen LogP contribution in [-0.2, 0) is 11.8 Å². The van der Waals surface area contributed by atoms with Crippen LogP contribution in [0.25, 0.3) is 11.0 Å². The van der Waals surface area contributed by atoms with E-state index in [9.17, 15) is 9.90 Å². The highest BCUT2D eigenvalue weighted by Gasteiger charge is 2.40. The molecule has 1 aliphatic carbocycles. The molecule has 0 spiro atoms. The maximum Gasteiger partial charge on any atom is 0.195 e. The summed E-state index contributed by atoms with van der Waals surface area (Å²) in [7, 11) is 0. The molecular formula is C20H17N3O2. The summed E-state index contributed by atoms with van der Waals surface area (Å²) in [5, 5.41) is 20.1. The van der Waals surface area contributed by atoms with Gasteiger partial charge in [0.05, 0.1) is 5.56 Å². The standard InChI is InChI=1S/C20H17N3O2/c1-4-10-7-13-14(8-15(10)24)20(2,3)18-16(17(13)25)12-6-5-11(9-21)22-19(12)23-18/h5-8,24H,4H2,1-3H3,(H,22,23). The lowest BCUT2D eigenvalue weighted by Gasteiger charge is -2.32. The molecule has 0 aliphatic heterocycles. The quantitative estimate of drug-likeness (QED) is 0.713. The van der Waals surface area contributed by atoms with Crippen LogP contribution in [0.3, 0.4) is 0 Å². The summed E-state index contributed by atoms with van der Waals surface area (Å²) in [6.45, 7) is 5.98. The number of aromatic hydroxyl groups is 1. The van der Waals surface area contributed by atoms with Gasteiger partial charge < -0.3 is 10.1 Å². The SMILES string of the molecule is CCc1cc2c(cc1O)C(C)(C)c1[nH]c3nc(C#N)ccc3c1C2=O. The van der Waals surface area contributed by atoms with E-state index in [4.69, 9.17) is 5.26 Å². The van der Waals surface area contributed by atoms with Crippen LogP contribution in [0.5, 0.6) is 5.75 Å². The maximum atomic E-state index is 13.2. The summed E-state index contributed by atoms with van der Waals surface area (Å²) >= 11 is 0. The zero-order valence-electron chi connectivity index (χ0n) is 14.3. The molecule has 124 valence electrons. The van der Waals surface area contributed by atoms with Crippen molar-refractivity contribution in [1.29, 1.82) is 5.26 Å². The van der Waals surface area contributed by atoms with E-state index in [1.807, 2.05) is 26.8 Å². The third kappa shape index (κ3) is 1.94. The number of aryl methyl sites for hydroxylation is 1. The Morgan fingerprint density at radius 3 is 2.76 bits per heavy atom. The van der Waals surface area contributed by atoms with Gasteiger partial charge in [-0.3, -0.25) is 4.79 Å². The van der Waals surface area contributed by atoms with E-state index < -0.39 is 5.41 Å². The van der Waals surface area contributed by atoms with E-state index in [2.05, 4.69) is 9.97 Å². The number of nitriles is 1. The van der Waals surface area contributed by atoms with Gasteiger partial charge in [0.25, 0.3) is 0 Å². The van der Waals surface area contributed by atoms with Crippen LogP contribution in [0.1, 0.15) is 59.2 Å². The van der Waals surface area contributed by atoms with Crippen molar-refractivity contribution in [3.05, 3.63) is 57.9 Å². The van der Waals surface area contributed by atoms with Gasteiger partial charge in [0, 0.05) is 22.1 Å². The molecule has 5 heteroatoms. The van der Waals surface area contributed by atoms with E-state index in [0.717, 1.165) is 22.2 Å². The summed E-state index contributed by atoms with van der Waals surface area (Å²) in [5.74, 6) is 0.142. The zero-order valence-corrected chi connectivity index (χ0v) is 14.3. The monoisotopic (exact) mass is 331 g/mol. The molecular weight excluding hydrogens is 314 g/mol. The lowest BCUT2D eigenvalue weighted by atomic mass is 9.71. The number of pyridine rings is 1. The Labute approximate surface area is 144 Å². The van der Waals surface area contributed by atoms with Crippen molar-refractivity contribution < 1.29 is 9.90 Å². The first-order valence-corrected chi connectivity index (χ1v) is 8.22. The van der Waals surface area contributed by atoms with Crippen LogP contribution in [-0.4, -0.2) is 20.9 Å². The van der Waals surface area contributed by atoms with Gasteiger partial charge in [0.15, 0.2) is 5.78 Å². The van der Waals surface area contributed by atoms with Gasteiger partial charge in [-0.2, -0.15) is 5.26 Å². The highest BCUT2D eigenvalue weighted by molar-refractivity contribution is 6.19. The number of aromatic amines is 1. The van der Waals surface area contributed by atoms with Crippen molar-refractivity contribution in [3.8, 4) is 11.8 Å². The molecule has 0 saturated carbocycles. The Morgan fingerprint density at radius 1 is 1.32 bits per heavy atom. The number of nitrogens with zero attached hydrogens (tertiary/aromatic N) is 2. The fourth-order valence-electron chi connectivity index (χ4n) is 3.73. The zero-order chi connectivity index (χ0) is 17.9. The number of H-pyrrole nitrogens is 1. The molecule has 2 heterocycles. The number of hydrogen-bond donors (Lipinski definition) is 2. The lowest BCUT2D eigenvalue weighted by molar-refractivity contribution is 0.103. The van der Waals surface area contributed by atoms with Gasteiger partial charge in [-0.25, -0.2) is 4.98 Å². The molecule has 2 aromatic heterocycles. The van der Waals surface area contributed by atoms with Crippen LogP contribution in [0, 0.1) is 11.3 Å². The first-order valence-electron chi connectivity index (χ1n) is 8.22. The minimum Gasteiger partial charge on any atom is -0.508 e. The summed E-state index contributed by atoms with van der Waals surface area (Å²) in [4.78, 5) is 20.7. The third-order valence-corrected chi connectivity index (χ3v) is 5.14. The van der Waals surface area contributed by atoms with Gasteiger partial charge in [0.2, 0.25) is 0 Å². The summed E-state index contributed by atoms with van der Waals surface area (Å²) < 4.78 is 0. The van der Waals surface area contributed by atoms with Crippen LogP contribution < -0.4 is 0 Å². The molecule has 3 aromatic rings. The molecule has 0 unspecified atom stereocenters. The van der Waals surface area contributed by atoms with E-state index in [1.54, 1.807) is 24.3 Å². The summed E-state index contributed by atoms with van der Waals surface area (Å²) in [5.41, 5.74) is 3.91. The molecule has 1 aliphatic rings. The van der Waals surface area contributed by atoms with Crippen LogP contribution >= 0.6 is 0 Å². The summed E-state index contributed by atoms with van der Waals surface area (Å²) in [6.07, 6.45) is 0.653. The van der Waals surface area contributed by atoms with Crippen molar-refractivity contribution >= 4 is 16.8 Å². The van der Waals surface area contributed by atoms with Crippen LogP contribution in [0.2, 0.25) is 0 Å². The van der Waals surface area contributed by atoms with Gasteiger partial charge in [-0.05, 0) is 41.8 Å². The Hall–Kier alpha value is -3.13. The smallest absolute Gasteiger partial charge is 0.195 e. The normalized spacial score (nSPS) is 14.9. The van der Waals surface area contributed by atoms with Crippen LogP contribution in [0.15, 0.2) is 24.3 Å². The van der Waals surface area contributed by atoms with Crippen molar-refractivity contribution in [2.45, 2.75) is 32.6 Å². The van der Waals surface area contributed by atoms with Crippen LogP contribution in [0.4, 0.5) is 0 Å². The molecule has 0 bridgehead atoms. The van der Waals surface area contributed by atoms with Crippen molar-refractivity contribution in [1.82, 2.24) is 9.97 Å². The van der Waals surface area contributed by atoms with Gasteiger partial charge in [-0.1, -0.05) is 20.8 Å². The fourth-order valence-corrected chi connectivity index (χ4v) is 3.73. The first-order chi connectivity index (χ1) is 11.9. The van der Waals surface area contributed by atoms with Crippen molar-refractivity contribution in [2.75, 3.05) is 0 Å². The molecule has 0 amide bonds. The number of benzene rings is 1. The maximum absolute atomic E-state index is 13.2. The molecule has 25 heavy (non-hydrogen) atoms. The number of ketones is 1. The van der Waals surface area contributed by atoms with Crippen molar-refractivity contribution in [2.24, 2.45) is 0 Å². The average molecular weight is 331 g/mol. The predicted octanol–water partition coefficient (Wildman–Crippen LogP) is 3.57. The molecule has 0 saturated heterocycles. The fraction of sp³-hybridized carbons (Fsp3) is 0.250. The molecule has 0 atom stereocenters. The van der Waals surface area contributed by atoms with E-state index in [0.29, 0.717) is 28.9 Å². The van der Waals surface area contributed by atoms with E-state index >= 15 is 0 Å². The molecule has 4 rings (SSSR count). The second-order valence-corrected chi connectivity index (χ2v) is 6.91. The molecule has 0 radical (unpaired) electrons. The van der Waals surface area contributed by atoms with Gasteiger partial charge in [0.1, 0.15) is 23.2 Å². The number of phenols is 1. The number of rotatable bonds is 1. The Morgan fingerprint density at radius 2 is 2.08 bits per heavy atom. The number of nitrogens with one attached hydrogen (secondary N) is 1.